The van der Waals surface area contributed by atoms with Crippen LogP contribution in [0.3, 0.4) is 0 Å². The molecule has 7 nitrogen and oxygen atoms in total. The first-order chi connectivity index (χ1) is 14.2. The van der Waals surface area contributed by atoms with Gasteiger partial charge in [0.1, 0.15) is 0 Å². The van der Waals surface area contributed by atoms with Gasteiger partial charge >= 0.3 is 0 Å². The molecule has 0 saturated carbocycles. The predicted molar refractivity (Wildman–Crippen MR) is 109 cm³/mol. The van der Waals surface area contributed by atoms with Crippen LogP contribution in [-0.2, 0) is 0 Å². The molecule has 1 aliphatic rings. The number of ether oxygens (including phenoxy) is 5. The molecule has 0 aliphatic carbocycles. The second kappa shape index (κ2) is 6.41. The summed E-state index contributed by atoms with van der Waals surface area (Å²) in [7, 11) is 4.73. The SMILES string of the molecule is COc1cc(-c2c3c[nH]c(O)c3cc3ccc4c(c23)OCO4)cc(OC)c1OC. The van der Waals surface area contributed by atoms with Crippen LogP contribution in [0.2, 0.25) is 0 Å². The number of nitrogens with one attached hydrogen (secondary N) is 1. The van der Waals surface area contributed by atoms with Crippen LogP contribution in [0.4, 0.5) is 0 Å². The summed E-state index contributed by atoms with van der Waals surface area (Å²) in [5.74, 6) is 3.05. The van der Waals surface area contributed by atoms with E-state index >= 15 is 0 Å². The lowest BCUT2D eigenvalue weighted by Gasteiger charge is -2.16. The highest BCUT2D eigenvalue weighted by atomic mass is 16.7. The second-order valence-electron chi connectivity index (χ2n) is 6.66. The molecule has 148 valence electrons. The number of hydrogen-bond acceptors (Lipinski definition) is 6. The van der Waals surface area contributed by atoms with Crippen LogP contribution < -0.4 is 23.7 Å². The van der Waals surface area contributed by atoms with E-state index in [1.807, 2.05) is 30.3 Å². The van der Waals surface area contributed by atoms with Crippen molar-refractivity contribution in [2.75, 3.05) is 28.1 Å². The molecule has 0 spiro atoms. The molecule has 0 bridgehead atoms. The topological polar surface area (TPSA) is 82.2 Å². The standard InChI is InChI=1S/C22H19NO6/c1-25-16-7-12(8-17(26-2)20(16)27-3)18-14-9-23-22(24)13(14)6-11-4-5-15-21(19(11)18)29-10-28-15/h4-9,23-24H,10H2,1-3H3. The molecule has 7 heteroatoms. The summed E-state index contributed by atoms with van der Waals surface area (Å²) in [6.07, 6.45) is 1.78. The first kappa shape index (κ1) is 17.4. The van der Waals surface area contributed by atoms with E-state index in [9.17, 15) is 5.11 Å². The molecule has 4 aromatic rings. The minimum atomic E-state index is 0.105. The summed E-state index contributed by atoms with van der Waals surface area (Å²) < 4.78 is 27.9. The van der Waals surface area contributed by atoms with Gasteiger partial charge in [0.05, 0.1) is 21.3 Å². The van der Waals surface area contributed by atoms with Crippen molar-refractivity contribution in [2.45, 2.75) is 0 Å². The van der Waals surface area contributed by atoms with E-state index < -0.39 is 0 Å². The number of benzene rings is 3. The fraction of sp³-hybridized carbons (Fsp3) is 0.182. The number of rotatable bonds is 4. The Labute approximate surface area is 166 Å². The predicted octanol–water partition coefficient (Wildman–Crippen LogP) is 4.45. The van der Waals surface area contributed by atoms with Crippen molar-refractivity contribution in [1.29, 1.82) is 0 Å². The van der Waals surface area contributed by atoms with Crippen molar-refractivity contribution in [3.8, 4) is 45.8 Å². The van der Waals surface area contributed by atoms with Gasteiger partial charge in [0.15, 0.2) is 28.9 Å². The minimum Gasteiger partial charge on any atom is -0.494 e. The maximum absolute atomic E-state index is 10.3. The molecule has 0 unspecified atom stereocenters. The van der Waals surface area contributed by atoms with Crippen LogP contribution >= 0.6 is 0 Å². The first-order valence-electron chi connectivity index (χ1n) is 9.02. The Balaban J connectivity index is 1.94. The second-order valence-corrected chi connectivity index (χ2v) is 6.66. The Kier molecular flexibility index (Phi) is 3.84. The zero-order valence-corrected chi connectivity index (χ0v) is 16.2. The molecule has 3 aromatic carbocycles. The number of fused-ring (bicyclic) bond motifs is 4. The van der Waals surface area contributed by atoms with E-state index in [0.29, 0.717) is 34.1 Å². The van der Waals surface area contributed by atoms with Crippen LogP contribution in [0.5, 0.6) is 34.6 Å². The lowest BCUT2D eigenvalue weighted by Crippen LogP contribution is -1.96. The van der Waals surface area contributed by atoms with Crippen molar-refractivity contribution in [3.63, 3.8) is 0 Å². The summed E-state index contributed by atoms with van der Waals surface area (Å²) in [6.45, 7) is 0.166. The first-order valence-corrected chi connectivity index (χ1v) is 9.02. The monoisotopic (exact) mass is 393 g/mol. The quantitative estimate of drug-likeness (QED) is 0.533. The Morgan fingerprint density at radius 3 is 2.38 bits per heavy atom. The van der Waals surface area contributed by atoms with Gasteiger partial charge in [0.25, 0.3) is 0 Å². The van der Waals surface area contributed by atoms with Gasteiger partial charge in [0, 0.05) is 27.9 Å². The van der Waals surface area contributed by atoms with Gasteiger partial charge in [-0.25, -0.2) is 0 Å². The highest BCUT2D eigenvalue weighted by molar-refractivity contribution is 6.17. The van der Waals surface area contributed by atoms with Gasteiger partial charge < -0.3 is 33.8 Å². The number of H-pyrrole nitrogens is 1. The van der Waals surface area contributed by atoms with E-state index in [0.717, 1.165) is 27.3 Å². The summed E-state index contributed by atoms with van der Waals surface area (Å²) in [5.41, 5.74) is 1.70. The maximum Gasteiger partial charge on any atom is 0.231 e. The number of hydrogen-bond donors (Lipinski definition) is 2. The molecule has 2 N–H and O–H groups in total. The molecule has 1 aliphatic heterocycles. The molecule has 1 aromatic heterocycles. The van der Waals surface area contributed by atoms with Crippen molar-refractivity contribution < 1.29 is 28.8 Å². The number of aromatic hydroxyl groups is 1. The highest BCUT2D eigenvalue weighted by Gasteiger charge is 2.24. The van der Waals surface area contributed by atoms with Gasteiger partial charge in [-0.05, 0) is 35.2 Å². The van der Waals surface area contributed by atoms with E-state index in [4.69, 9.17) is 23.7 Å². The fourth-order valence-electron chi connectivity index (χ4n) is 3.96. The van der Waals surface area contributed by atoms with Gasteiger partial charge in [-0.3, -0.25) is 0 Å². The molecule has 0 amide bonds. The molecule has 0 atom stereocenters. The molecule has 29 heavy (non-hydrogen) atoms. The fourth-order valence-corrected chi connectivity index (χ4v) is 3.96. The van der Waals surface area contributed by atoms with E-state index in [2.05, 4.69) is 4.98 Å². The van der Waals surface area contributed by atoms with Crippen LogP contribution in [-0.4, -0.2) is 38.2 Å². The van der Waals surface area contributed by atoms with Crippen molar-refractivity contribution in [3.05, 3.63) is 36.5 Å². The van der Waals surface area contributed by atoms with Crippen LogP contribution in [0, 0.1) is 0 Å². The van der Waals surface area contributed by atoms with E-state index in [-0.39, 0.29) is 12.7 Å². The summed E-state index contributed by atoms with van der Waals surface area (Å²) >= 11 is 0. The molecular formula is C22H19NO6. The molecular weight excluding hydrogens is 374 g/mol. The van der Waals surface area contributed by atoms with Gasteiger partial charge in [-0.15, -0.1) is 0 Å². The molecule has 0 saturated heterocycles. The molecule has 0 fully saturated rings. The number of methoxy groups -OCH3 is 3. The molecule has 2 heterocycles. The van der Waals surface area contributed by atoms with Crippen molar-refractivity contribution in [1.82, 2.24) is 4.98 Å². The summed E-state index contributed by atoms with van der Waals surface area (Å²) in [6, 6.07) is 9.53. The Hall–Kier alpha value is -3.74. The van der Waals surface area contributed by atoms with Crippen molar-refractivity contribution in [2.24, 2.45) is 0 Å². The van der Waals surface area contributed by atoms with Crippen LogP contribution in [0.25, 0.3) is 32.7 Å². The van der Waals surface area contributed by atoms with E-state index in [1.165, 1.54) is 0 Å². The minimum absolute atomic E-state index is 0.105. The van der Waals surface area contributed by atoms with Gasteiger partial charge in [0.2, 0.25) is 12.5 Å². The Bertz CT molecular complexity index is 1230. The lowest BCUT2D eigenvalue weighted by molar-refractivity contribution is 0.175. The van der Waals surface area contributed by atoms with E-state index in [1.54, 1.807) is 27.5 Å². The zero-order valence-electron chi connectivity index (χ0n) is 16.2. The normalized spacial score (nSPS) is 12.5. The smallest absolute Gasteiger partial charge is 0.231 e. The average Bonchev–Trinajstić information content (AvgIpc) is 3.37. The summed E-state index contributed by atoms with van der Waals surface area (Å²) in [4.78, 5) is 2.91. The molecule has 5 rings (SSSR count). The molecule has 0 radical (unpaired) electrons. The Morgan fingerprint density at radius 1 is 0.931 bits per heavy atom. The van der Waals surface area contributed by atoms with Gasteiger partial charge in [-0.1, -0.05) is 6.07 Å². The third kappa shape index (κ3) is 2.44. The largest absolute Gasteiger partial charge is 0.494 e. The zero-order chi connectivity index (χ0) is 20.1. The highest BCUT2D eigenvalue weighted by Crippen LogP contribution is 2.50. The van der Waals surface area contributed by atoms with Crippen LogP contribution in [0.15, 0.2) is 36.5 Å². The number of aromatic nitrogens is 1. The Morgan fingerprint density at radius 2 is 1.69 bits per heavy atom. The van der Waals surface area contributed by atoms with Gasteiger partial charge in [-0.2, -0.15) is 0 Å². The van der Waals surface area contributed by atoms with Crippen molar-refractivity contribution >= 4 is 21.5 Å². The van der Waals surface area contributed by atoms with Crippen LogP contribution in [0.1, 0.15) is 0 Å². The third-order valence-corrected chi connectivity index (χ3v) is 5.24. The average molecular weight is 393 g/mol. The lowest BCUT2D eigenvalue weighted by atomic mass is 9.92. The number of aromatic amines is 1. The third-order valence-electron chi connectivity index (χ3n) is 5.24. The summed E-state index contributed by atoms with van der Waals surface area (Å²) in [5, 5.41) is 13.7. The maximum atomic E-state index is 10.3.